The van der Waals surface area contributed by atoms with Gasteiger partial charge in [-0.25, -0.2) is 0 Å². The minimum absolute atomic E-state index is 0.187. The van der Waals surface area contributed by atoms with Crippen molar-refractivity contribution >= 4 is 0 Å². The number of ether oxygens (including phenoxy) is 1. The molecule has 1 atom stereocenters. The molecule has 0 saturated carbocycles. The number of nitrogens with one attached hydrogen (secondary N) is 1. The van der Waals surface area contributed by atoms with E-state index in [0.29, 0.717) is 17.7 Å². The van der Waals surface area contributed by atoms with Crippen molar-refractivity contribution in [3.63, 3.8) is 0 Å². The first-order chi connectivity index (χ1) is 8.08. The molecule has 3 heteroatoms. The summed E-state index contributed by atoms with van der Waals surface area (Å²) < 4.78 is 5.09. The molecule has 1 unspecified atom stereocenters. The second-order valence-corrected chi connectivity index (χ2v) is 4.65. The number of rotatable bonds is 6. The van der Waals surface area contributed by atoms with Crippen molar-refractivity contribution < 1.29 is 9.84 Å². The number of phenolic OH excluding ortho intramolecular Hbond substituents is 1. The van der Waals surface area contributed by atoms with Crippen molar-refractivity contribution in [3.05, 3.63) is 23.8 Å². The molecule has 17 heavy (non-hydrogen) atoms. The Morgan fingerprint density at radius 2 is 2.06 bits per heavy atom. The lowest BCUT2D eigenvalue weighted by molar-refractivity contribution is 0.370. The van der Waals surface area contributed by atoms with Crippen molar-refractivity contribution in [3.8, 4) is 11.5 Å². The Bertz CT molecular complexity index is 350. The van der Waals surface area contributed by atoms with Crippen LogP contribution in [0.1, 0.15) is 32.8 Å². The van der Waals surface area contributed by atoms with E-state index >= 15 is 0 Å². The lowest BCUT2D eigenvalue weighted by atomic mass is 10.0. The van der Waals surface area contributed by atoms with Crippen LogP contribution in [0.3, 0.4) is 0 Å². The highest BCUT2D eigenvalue weighted by molar-refractivity contribution is 5.41. The summed E-state index contributed by atoms with van der Waals surface area (Å²) in [4.78, 5) is 0. The molecule has 0 aliphatic rings. The Balaban J connectivity index is 2.63. The zero-order valence-corrected chi connectivity index (χ0v) is 11.2. The molecule has 0 saturated heterocycles. The van der Waals surface area contributed by atoms with Crippen LogP contribution in [0.2, 0.25) is 0 Å². The second kappa shape index (κ2) is 6.50. The smallest absolute Gasteiger partial charge is 0.160 e. The molecule has 0 fully saturated rings. The summed E-state index contributed by atoms with van der Waals surface area (Å²) in [5.74, 6) is 1.34. The van der Waals surface area contributed by atoms with Gasteiger partial charge in [-0.2, -0.15) is 0 Å². The van der Waals surface area contributed by atoms with E-state index in [1.54, 1.807) is 13.2 Å². The van der Waals surface area contributed by atoms with Gasteiger partial charge < -0.3 is 15.2 Å². The van der Waals surface area contributed by atoms with Crippen molar-refractivity contribution in [2.45, 2.75) is 39.8 Å². The predicted molar refractivity (Wildman–Crippen MR) is 70.4 cm³/mol. The molecule has 0 heterocycles. The first kappa shape index (κ1) is 13.8. The number of aromatic hydroxyl groups is 1. The van der Waals surface area contributed by atoms with Crippen LogP contribution in [0.15, 0.2) is 18.2 Å². The van der Waals surface area contributed by atoms with Gasteiger partial charge >= 0.3 is 0 Å². The topological polar surface area (TPSA) is 41.5 Å². The zero-order valence-electron chi connectivity index (χ0n) is 11.2. The average Bonchev–Trinajstić information content (AvgIpc) is 2.31. The fourth-order valence-corrected chi connectivity index (χ4v) is 1.93. The molecule has 1 aromatic rings. The fraction of sp³-hybridized carbons (Fsp3) is 0.571. The summed E-state index contributed by atoms with van der Waals surface area (Å²) in [6.45, 7) is 7.43. The van der Waals surface area contributed by atoms with E-state index < -0.39 is 0 Å². The van der Waals surface area contributed by atoms with Crippen LogP contribution in [-0.2, 0) is 6.54 Å². The number of hydrogen-bond acceptors (Lipinski definition) is 3. The van der Waals surface area contributed by atoms with E-state index in [9.17, 15) is 5.11 Å². The van der Waals surface area contributed by atoms with Crippen LogP contribution in [0.25, 0.3) is 0 Å². The summed E-state index contributed by atoms with van der Waals surface area (Å²) in [5.41, 5.74) is 1.12. The van der Waals surface area contributed by atoms with E-state index in [1.807, 2.05) is 12.1 Å². The Morgan fingerprint density at radius 3 is 2.59 bits per heavy atom. The molecule has 0 aromatic heterocycles. The van der Waals surface area contributed by atoms with E-state index in [1.165, 1.54) is 0 Å². The molecule has 1 aromatic carbocycles. The molecule has 0 bridgehead atoms. The summed E-state index contributed by atoms with van der Waals surface area (Å²) in [7, 11) is 1.56. The summed E-state index contributed by atoms with van der Waals surface area (Å²) in [6.07, 6.45) is 1.12. The van der Waals surface area contributed by atoms with Crippen LogP contribution in [0, 0.1) is 5.92 Å². The third-order valence-electron chi connectivity index (χ3n) is 3.06. The summed E-state index contributed by atoms with van der Waals surface area (Å²) in [6, 6.07) is 5.98. The Labute approximate surface area is 104 Å². The molecule has 2 N–H and O–H groups in total. The van der Waals surface area contributed by atoms with Crippen LogP contribution in [0.5, 0.6) is 11.5 Å². The van der Waals surface area contributed by atoms with Gasteiger partial charge in [-0.3, -0.25) is 0 Å². The highest BCUT2D eigenvalue weighted by atomic mass is 16.5. The molecule has 0 aliphatic heterocycles. The predicted octanol–water partition coefficient (Wildman–Crippen LogP) is 2.93. The maximum Gasteiger partial charge on any atom is 0.160 e. The lowest BCUT2D eigenvalue weighted by Gasteiger charge is -2.21. The number of benzene rings is 1. The quantitative estimate of drug-likeness (QED) is 0.799. The molecular weight excluding hydrogens is 214 g/mol. The standard InChI is InChI=1S/C14H23NO2/c1-5-12(10(2)3)15-9-11-6-7-13(16)14(8-11)17-4/h6-8,10,12,15-16H,5,9H2,1-4H3. The Kier molecular flexibility index (Phi) is 5.29. The molecule has 0 amide bonds. The third kappa shape index (κ3) is 3.93. The van der Waals surface area contributed by atoms with Crippen LogP contribution < -0.4 is 10.1 Å². The van der Waals surface area contributed by atoms with Gasteiger partial charge in [0.05, 0.1) is 7.11 Å². The van der Waals surface area contributed by atoms with Crippen LogP contribution in [-0.4, -0.2) is 18.3 Å². The van der Waals surface area contributed by atoms with Gasteiger partial charge in [-0.05, 0) is 30.0 Å². The van der Waals surface area contributed by atoms with E-state index in [4.69, 9.17) is 4.74 Å². The molecule has 0 aliphatic carbocycles. The van der Waals surface area contributed by atoms with Crippen LogP contribution in [0.4, 0.5) is 0 Å². The Hall–Kier alpha value is -1.22. The molecule has 3 nitrogen and oxygen atoms in total. The van der Waals surface area contributed by atoms with Gasteiger partial charge in [0.2, 0.25) is 0 Å². The summed E-state index contributed by atoms with van der Waals surface area (Å²) >= 11 is 0. The van der Waals surface area contributed by atoms with Crippen molar-refractivity contribution in [2.24, 2.45) is 5.92 Å². The number of hydrogen-bond donors (Lipinski definition) is 2. The van der Waals surface area contributed by atoms with Crippen molar-refractivity contribution in [2.75, 3.05) is 7.11 Å². The van der Waals surface area contributed by atoms with E-state index in [2.05, 4.69) is 26.1 Å². The summed E-state index contributed by atoms with van der Waals surface area (Å²) in [5, 5.41) is 13.0. The van der Waals surface area contributed by atoms with Gasteiger partial charge in [-0.15, -0.1) is 0 Å². The maximum atomic E-state index is 9.50. The first-order valence-electron chi connectivity index (χ1n) is 6.17. The zero-order chi connectivity index (χ0) is 12.8. The molecule has 96 valence electrons. The highest BCUT2D eigenvalue weighted by Gasteiger charge is 2.10. The highest BCUT2D eigenvalue weighted by Crippen LogP contribution is 2.26. The van der Waals surface area contributed by atoms with Gasteiger partial charge in [0.25, 0.3) is 0 Å². The number of phenols is 1. The minimum atomic E-state index is 0.187. The lowest BCUT2D eigenvalue weighted by Crippen LogP contribution is -2.32. The first-order valence-corrected chi connectivity index (χ1v) is 6.17. The van der Waals surface area contributed by atoms with Gasteiger partial charge in [0, 0.05) is 12.6 Å². The molecule has 0 spiro atoms. The molecule has 1 rings (SSSR count). The SMILES string of the molecule is CCC(NCc1ccc(O)c(OC)c1)C(C)C. The average molecular weight is 237 g/mol. The van der Waals surface area contributed by atoms with Gasteiger partial charge in [0.1, 0.15) is 0 Å². The normalized spacial score (nSPS) is 12.8. The van der Waals surface area contributed by atoms with Crippen LogP contribution >= 0.6 is 0 Å². The van der Waals surface area contributed by atoms with E-state index in [0.717, 1.165) is 18.5 Å². The number of methoxy groups -OCH3 is 1. The molecule has 0 radical (unpaired) electrons. The van der Waals surface area contributed by atoms with E-state index in [-0.39, 0.29) is 5.75 Å². The minimum Gasteiger partial charge on any atom is -0.504 e. The second-order valence-electron chi connectivity index (χ2n) is 4.65. The largest absolute Gasteiger partial charge is 0.504 e. The monoisotopic (exact) mass is 237 g/mol. The van der Waals surface area contributed by atoms with Crippen molar-refractivity contribution in [1.82, 2.24) is 5.32 Å². The molecular formula is C14H23NO2. The Morgan fingerprint density at radius 1 is 1.35 bits per heavy atom. The van der Waals surface area contributed by atoms with Crippen molar-refractivity contribution in [1.29, 1.82) is 0 Å². The fourth-order valence-electron chi connectivity index (χ4n) is 1.93. The van der Waals surface area contributed by atoms with Gasteiger partial charge in [-0.1, -0.05) is 26.8 Å². The maximum absolute atomic E-state index is 9.50. The third-order valence-corrected chi connectivity index (χ3v) is 3.06. The van der Waals surface area contributed by atoms with Gasteiger partial charge in [0.15, 0.2) is 11.5 Å².